The summed E-state index contributed by atoms with van der Waals surface area (Å²) >= 11 is 1.42. The molecule has 2 aliphatic heterocycles. The van der Waals surface area contributed by atoms with E-state index in [-0.39, 0.29) is 35.9 Å². The number of hydrogen-bond acceptors (Lipinski definition) is 7. The van der Waals surface area contributed by atoms with Crippen LogP contribution in [0.1, 0.15) is 26.2 Å². The fourth-order valence-corrected chi connectivity index (χ4v) is 4.91. The molecule has 7 nitrogen and oxygen atoms in total. The number of carbonyl (C=O) groups excluding carboxylic acids is 1. The second-order valence-corrected chi connectivity index (χ2v) is 8.72. The van der Waals surface area contributed by atoms with E-state index in [2.05, 4.69) is 10.2 Å². The zero-order chi connectivity index (χ0) is 18.3. The fourth-order valence-electron chi connectivity index (χ4n) is 4.14. The standard InChI is InChI=1S/C17H31N3O4S/c1-8-13(21)15(24-17(25-3)14(8)22)12(9-7-10(9)18)19-16(23)11-5-4-6-20(11)2/h8-15,17,21-22H,4-7,18H2,1-3H3,(H,19,23)/t8-,9-,10-,11-,12+,13+,14+,15+,17+/m0/s1. The van der Waals surface area contributed by atoms with Crippen LogP contribution in [0.25, 0.3) is 0 Å². The number of hydrogen-bond donors (Lipinski definition) is 4. The maximum absolute atomic E-state index is 12.8. The number of amides is 1. The first kappa shape index (κ1) is 19.4. The number of nitrogens with one attached hydrogen (secondary N) is 1. The first-order valence-electron chi connectivity index (χ1n) is 9.15. The fraction of sp³-hybridized carbons (Fsp3) is 0.941. The number of nitrogens with two attached hydrogens (primary N) is 1. The molecular weight excluding hydrogens is 342 g/mol. The molecule has 0 aromatic carbocycles. The second-order valence-electron chi connectivity index (χ2n) is 7.78. The molecule has 0 aromatic rings. The topological polar surface area (TPSA) is 108 Å². The van der Waals surface area contributed by atoms with Crippen LogP contribution in [0.5, 0.6) is 0 Å². The Kier molecular flexibility index (Phi) is 5.97. The van der Waals surface area contributed by atoms with E-state index in [1.807, 2.05) is 20.2 Å². The van der Waals surface area contributed by atoms with E-state index in [1.54, 1.807) is 0 Å². The second kappa shape index (κ2) is 7.70. The molecule has 25 heavy (non-hydrogen) atoms. The number of nitrogens with zero attached hydrogens (tertiary/aromatic N) is 1. The van der Waals surface area contributed by atoms with E-state index >= 15 is 0 Å². The van der Waals surface area contributed by atoms with Crippen LogP contribution in [0.4, 0.5) is 0 Å². The highest BCUT2D eigenvalue weighted by Gasteiger charge is 2.52. The number of likely N-dealkylation sites (tertiary alicyclic amines) is 1. The summed E-state index contributed by atoms with van der Waals surface area (Å²) in [5.74, 6) is -0.223. The lowest BCUT2D eigenvalue weighted by molar-refractivity contribution is -0.179. The average Bonchev–Trinajstić information content (AvgIpc) is 3.14. The summed E-state index contributed by atoms with van der Waals surface area (Å²) in [6.45, 7) is 2.75. The molecule has 1 saturated carbocycles. The Labute approximate surface area is 153 Å². The van der Waals surface area contributed by atoms with Crippen molar-refractivity contribution < 1.29 is 19.7 Å². The molecular formula is C17H31N3O4S. The van der Waals surface area contributed by atoms with Gasteiger partial charge in [0, 0.05) is 12.0 Å². The zero-order valence-electron chi connectivity index (χ0n) is 15.2. The summed E-state index contributed by atoms with van der Waals surface area (Å²) in [5, 5.41) is 24.1. The Morgan fingerprint density at radius 1 is 1.40 bits per heavy atom. The number of aliphatic hydroxyl groups is 2. The number of rotatable bonds is 5. The molecule has 2 saturated heterocycles. The Hall–Kier alpha value is -0.380. The highest BCUT2D eigenvalue weighted by Crippen LogP contribution is 2.40. The third-order valence-electron chi connectivity index (χ3n) is 6.05. The lowest BCUT2D eigenvalue weighted by Crippen LogP contribution is -2.62. The number of ether oxygens (including phenoxy) is 1. The quantitative estimate of drug-likeness (QED) is 0.508. The van der Waals surface area contributed by atoms with Gasteiger partial charge in [-0.3, -0.25) is 9.69 Å². The van der Waals surface area contributed by atoms with Gasteiger partial charge in [0.15, 0.2) is 0 Å². The van der Waals surface area contributed by atoms with E-state index in [1.165, 1.54) is 11.8 Å². The molecule has 2 heterocycles. The van der Waals surface area contributed by atoms with Gasteiger partial charge in [0.2, 0.25) is 5.91 Å². The summed E-state index contributed by atoms with van der Waals surface area (Å²) in [6.07, 6.45) is 2.44. The molecule has 1 amide bonds. The van der Waals surface area contributed by atoms with Gasteiger partial charge in [-0.25, -0.2) is 0 Å². The molecule has 3 aliphatic rings. The van der Waals surface area contributed by atoms with E-state index in [4.69, 9.17) is 10.5 Å². The van der Waals surface area contributed by atoms with Crippen molar-refractivity contribution in [3.05, 3.63) is 0 Å². The van der Waals surface area contributed by atoms with Crippen LogP contribution in [0, 0.1) is 11.8 Å². The van der Waals surface area contributed by atoms with Crippen molar-refractivity contribution in [2.24, 2.45) is 17.6 Å². The van der Waals surface area contributed by atoms with Crippen molar-refractivity contribution >= 4 is 17.7 Å². The molecule has 8 heteroatoms. The Morgan fingerprint density at radius 3 is 2.60 bits per heavy atom. The third-order valence-corrected chi connectivity index (χ3v) is 6.91. The minimum atomic E-state index is -0.835. The SMILES string of the molecule is CS[C@H]1O[C@H]([C@H](NC(=O)[C@@H]2CCCN2C)[C@H]2C[C@@H]2N)[C@H](O)[C@H](C)[C@H]1O. The van der Waals surface area contributed by atoms with Crippen LogP contribution in [-0.4, -0.2) is 82.7 Å². The van der Waals surface area contributed by atoms with Crippen LogP contribution >= 0.6 is 11.8 Å². The maximum atomic E-state index is 12.8. The summed E-state index contributed by atoms with van der Waals surface area (Å²) in [5.41, 5.74) is 5.64. The molecule has 5 N–H and O–H groups in total. The van der Waals surface area contributed by atoms with Crippen molar-refractivity contribution in [1.82, 2.24) is 10.2 Å². The highest BCUT2D eigenvalue weighted by atomic mass is 32.2. The van der Waals surface area contributed by atoms with Gasteiger partial charge in [0.25, 0.3) is 0 Å². The first-order chi connectivity index (χ1) is 11.8. The lowest BCUT2D eigenvalue weighted by Gasteiger charge is -2.44. The molecule has 0 radical (unpaired) electrons. The molecule has 0 bridgehead atoms. The zero-order valence-corrected chi connectivity index (χ0v) is 16.0. The number of likely N-dealkylation sites (N-methyl/N-ethyl adjacent to an activating group) is 1. The Morgan fingerprint density at radius 2 is 2.08 bits per heavy atom. The number of thioether (sulfide) groups is 1. The van der Waals surface area contributed by atoms with E-state index in [0.29, 0.717) is 0 Å². The van der Waals surface area contributed by atoms with Gasteiger partial charge in [0.05, 0.1) is 24.3 Å². The highest BCUT2D eigenvalue weighted by molar-refractivity contribution is 7.99. The monoisotopic (exact) mass is 373 g/mol. The molecule has 3 rings (SSSR count). The molecule has 9 atom stereocenters. The molecule has 1 aliphatic carbocycles. The summed E-state index contributed by atoms with van der Waals surface area (Å²) in [6, 6.07) is -0.425. The summed E-state index contributed by atoms with van der Waals surface area (Å²) in [7, 11) is 1.96. The van der Waals surface area contributed by atoms with Gasteiger partial charge in [-0.15, -0.1) is 11.8 Å². The Bertz CT molecular complexity index is 495. The third kappa shape index (κ3) is 3.84. The number of aliphatic hydroxyl groups excluding tert-OH is 2. The summed E-state index contributed by atoms with van der Waals surface area (Å²) in [4.78, 5) is 14.8. The summed E-state index contributed by atoms with van der Waals surface area (Å²) < 4.78 is 6.01. The Balaban J connectivity index is 1.75. The van der Waals surface area contributed by atoms with Crippen molar-refractivity contribution in [2.75, 3.05) is 19.8 Å². The van der Waals surface area contributed by atoms with Gasteiger partial charge in [0.1, 0.15) is 11.5 Å². The predicted molar refractivity (Wildman–Crippen MR) is 97.0 cm³/mol. The molecule has 0 spiro atoms. The van der Waals surface area contributed by atoms with Crippen molar-refractivity contribution in [2.45, 2.75) is 68.1 Å². The van der Waals surface area contributed by atoms with E-state index in [0.717, 1.165) is 25.8 Å². The van der Waals surface area contributed by atoms with Gasteiger partial charge >= 0.3 is 0 Å². The average molecular weight is 374 g/mol. The van der Waals surface area contributed by atoms with Gasteiger partial charge < -0.3 is 26.0 Å². The molecule has 0 unspecified atom stereocenters. The predicted octanol–water partition coefficient (Wildman–Crippen LogP) is -0.642. The molecule has 144 valence electrons. The van der Waals surface area contributed by atoms with Crippen LogP contribution in [0.3, 0.4) is 0 Å². The van der Waals surface area contributed by atoms with Crippen molar-refractivity contribution in [3.63, 3.8) is 0 Å². The minimum absolute atomic E-state index is 0.0145. The molecule has 3 fully saturated rings. The van der Waals surface area contributed by atoms with Crippen LogP contribution in [0.15, 0.2) is 0 Å². The number of carbonyl (C=O) groups is 1. The lowest BCUT2D eigenvalue weighted by atomic mass is 9.86. The smallest absolute Gasteiger partial charge is 0.237 e. The largest absolute Gasteiger partial charge is 0.390 e. The van der Waals surface area contributed by atoms with Crippen LogP contribution < -0.4 is 11.1 Å². The maximum Gasteiger partial charge on any atom is 0.237 e. The normalized spacial score (nSPS) is 46.0. The van der Waals surface area contributed by atoms with E-state index in [9.17, 15) is 15.0 Å². The minimum Gasteiger partial charge on any atom is -0.390 e. The molecule has 0 aromatic heterocycles. The van der Waals surface area contributed by atoms with Crippen molar-refractivity contribution in [1.29, 1.82) is 0 Å². The van der Waals surface area contributed by atoms with Gasteiger partial charge in [-0.2, -0.15) is 0 Å². The van der Waals surface area contributed by atoms with Gasteiger partial charge in [-0.05, 0) is 45.0 Å². The van der Waals surface area contributed by atoms with Crippen molar-refractivity contribution in [3.8, 4) is 0 Å². The van der Waals surface area contributed by atoms with E-state index < -0.39 is 23.7 Å². The van der Waals surface area contributed by atoms with Crippen LogP contribution in [0.2, 0.25) is 0 Å². The van der Waals surface area contributed by atoms with Crippen LogP contribution in [-0.2, 0) is 9.53 Å². The van der Waals surface area contributed by atoms with Gasteiger partial charge in [-0.1, -0.05) is 6.92 Å². The first-order valence-corrected chi connectivity index (χ1v) is 10.4.